The van der Waals surface area contributed by atoms with Crippen LogP contribution in [-0.4, -0.2) is 28.8 Å². The Morgan fingerprint density at radius 2 is 1.92 bits per heavy atom. The lowest BCUT2D eigenvalue weighted by Crippen LogP contribution is -2.52. The van der Waals surface area contributed by atoms with E-state index in [1.54, 1.807) is 12.1 Å². The summed E-state index contributed by atoms with van der Waals surface area (Å²) in [5.74, 6) is -0.729. The molecule has 1 atom stereocenters. The van der Waals surface area contributed by atoms with Gasteiger partial charge in [0.1, 0.15) is 5.82 Å². The fraction of sp³-hybridized carbons (Fsp3) is 0.450. The first-order valence-electron chi connectivity index (χ1n) is 8.93. The number of nitrogens with zero attached hydrogens (tertiary/aromatic N) is 2. The van der Waals surface area contributed by atoms with Gasteiger partial charge >= 0.3 is 0 Å². The Hall–Kier alpha value is -1.98. The Kier molecular flexibility index (Phi) is 3.21. The van der Waals surface area contributed by atoms with Gasteiger partial charge in [-0.3, -0.25) is 0 Å². The van der Waals surface area contributed by atoms with Gasteiger partial charge in [0.15, 0.2) is 5.79 Å². The minimum absolute atomic E-state index is 0.142. The molecule has 0 bridgehead atoms. The maximum atomic E-state index is 13.2. The molecule has 2 aromatic rings. The molecule has 1 aromatic heterocycles. The van der Waals surface area contributed by atoms with Crippen LogP contribution in [0.15, 0.2) is 36.0 Å². The van der Waals surface area contributed by atoms with Gasteiger partial charge in [0.25, 0.3) is 0 Å². The maximum absolute atomic E-state index is 13.2. The van der Waals surface area contributed by atoms with Crippen molar-refractivity contribution in [3.8, 4) is 5.69 Å². The molecule has 5 rings (SSSR count). The first kappa shape index (κ1) is 15.3. The van der Waals surface area contributed by atoms with Crippen LogP contribution in [0.4, 0.5) is 4.39 Å². The number of hydrogen-bond donors (Lipinski definition) is 0. The molecular formula is C20H21FN2O2. The van der Waals surface area contributed by atoms with Gasteiger partial charge in [-0.25, -0.2) is 9.07 Å². The molecule has 0 unspecified atom stereocenters. The topological polar surface area (TPSA) is 36.3 Å². The Morgan fingerprint density at radius 1 is 1.16 bits per heavy atom. The van der Waals surface area contributed by atoms with E-state index in [2.05, 4.69) is 18.1 Å². The van der Waals surface area contributed by atoms with E-state index < -0.39 is 5.79 Å². The van der Waals surface area contributed by atoms with Crippen LogP contribution in [0.2, 0.25) is 0 Å². The summed E-state index contributed by atoms with van der Waals surface area (Å²) in [5.41, 5.74) is 4.38. The summed E-state index contributed by atoms with van der Waals surface area (Å²) >= 11 is 0. The summed E-state index contributed by atoms with van der Waals surface area (Å²) in [5, 5.41) is 4.56. The minimum atomic E-state index is -0.493. The smallest absolute Gasteiger partial charge is 0.177 e. The second kappa shape index (κ2) is 5.26. The molecule has 1 aromatic carbocycles. The van der Waals surface area contributed by atoms with E-state index in [4.69, 9.17) is 9.47 Å². The highest BCUT2D eigenvalue weighted by Gasteiger charge is 2.59. The van der Waals surface area contributed by atoms with Crippen molar-refractivity contribution in [3.05, 3.63) is 53.1 Å². The molecule has 1 saturated heterocycles. The van der Waals surface area contributed by atoms with Crippen LogP contribution in [0, 0.1) is 11.2 Å². The molecule has 0 amide bonds. The molecule has 25 heavy (non-hydrogen) atoms. The number of hydrogen-bond acceptors (Lipinski definition) is 3. The molecule has 1 spiro atoms. The van der Waals surface area contributed by atoms with Crippen LogP contribution in [0.1, 0.15) is 37.4 Å². The second-order valence-electron chi connectivity index (χ2n) is 7.43. The Balaban J connectivity index is 1.57. The Labute approximate surface area is 146 Å². The Morgan fingerprint density at radius 3 is 2.68 bits per heavy atom. The van der Waals surface area contributed by atoms with Crippen LogP contribution in [0.5, 0.6) is 0 Å². The predicted octanol–water partition coefficient (Wildman–Crippen LogP) is 3.88. The van der Waals surface area contributed by atoms with Gasteiger partial charge in [-0.15, -0.1) is 0 Å². The van der Waals surface area contributed by atoms with Gasteiger partial charge in [0.2, 0.25) is 0 Å². The van der Waals surface area contributed by atoms with Crippen molar-refractivity contribution < 1.29 is 13.9 Å². The van der Waals surface area contributed by atoms with E-state index in [-0.39, 0.29) is 11.2 Å². The zero-order valence-corrected chi connectivity index (χ0v) is 14.3. The lowest BCUT2D eigenvalue weighted by molar-refractivity contribution is -0.303. The molecule has 2 heterocycles. The molecule has 1 saturated carbocycles. The highest BCUT2D eigenvalue weighted by Crippen LogP contribution is 2.58. The fourth-order valence-electron chi connectivity index (χ4n) is 4.63. The number of ether oxygens (including phenoxy) is 2. The van der Waals surface area contributed by atoms with Crippen LogP contribution in [0.3, 0.4) is 0 Å². The largest absolute Gasteiger partial charge is 0.349 e. The van der Waals surface area contributed by atoms with Crippen molar-refractivity contribution in [3.63, 3.8) is 0 Å². The van der Waals surface area contributed by atoms with Gasteiger partial charge in [0.05, 0.1) is 30.8 Å². The molecule has 1 aliphatic heterocycles. The van der Waals surface area contributed by atoms with Gasteiger partial charge in [0, 0.05) is 11.8 Å². The van der Waals surface area contributed by atoms with Crippen molar-refractivity contribution in [2.45, 2.75) is 38.4 Å². The van der Waals surface area contributed by atoms with Crippen molar-refractivity contribution in [1.82, 2.24) is 9.78 Å². The molecule has 3 aliphatic rings. The zero-order valence-electron chi connectivity index (χ0n) is 14.3. The quantitative estimate of drug-likeness (QED) is 0.790. The summed E-state index contributed by atoms with van der Waals surface area (Å²) in [6, 6.07) is 6.46. The molecule has 4 nitrogen and oxygen atoms in total. The summed E-state index contributed by atoms with van der Waals surface area (Å²) in [6.45, 7) is 3.80. The molecule has 0 radical (unpaired) electrons. The highest BCUT2D eigenvalue weighted by molar-refractivity contribution is 5.62. The number of rotatable bonds is 1. The Bertz CT molecular complexity index is 849. The summed E-state index contributed by atoms with van der Waals surface area (Å²) in [4.78, 5) is 0. The minimum Gasteiger partial charge on any atom is -0.349 e. The van der Waals surface area contributed by atoms with Gasteiger partial charge in [-0.2, -0.15) is 5.10 Å². The third-order valence-electron chi connectivity index (χ3n) is 6.04. The summed E-state index contributed by atoms with van der Waals surface area (Å²) in [6.07, 6.45) is 7.87. The molecule has 2 fully saturated rings. The third kappa shape index (κ3) is 2.09. The highest BCUT2D eigenvalue weighted by atomic mass is 19.1. The van der Waals surface area contributed by atoms with Gasteiger partial charge in [-0.1, -0.05) is 12.5 Å². The number of halogens is 1. The van der Waals surface area contributed by atoms with Crippen molar-refractivity contribution in [1.29, 1.82) is 0 Å². The van der Waals surface area contributed by atoms with Crippen LogP contribution in [-0.2, 0) is 15.9 Å². The summed E-state index contributed by atoms with van der Waals surface area (Å²) in [7, 11) is 0. The van der Waals surface area contributed by atoms with E-state index >= 15 is 0 Å². The maximum Gasteiger partial charge on any atom is 0.177 e. The third-order valence-corrected chi connectivity index (χ3v) is 6.04. The number of benzene rings is 1. The van der Waals surface area contributed by atoms with E-state index in [0.717, 1.165) is 50.3 Å². The first-order valence-corrected chi connectivity index (χ1v) is 8.93. The SMILES string of the molecule is C[C@]12Cc3cnn(-c4ccc(F)cc4)c3C=C1CCC21OCCCO1. The van der Waals surface area contributed by atoms with E-state index in [9.17, 15) is 4.39 Å². The first-order chi connectivity index (χ1) is 12.1. The average molecular weight is 340 g/mol. The van der Waals surface area contributed by atoms with Crippen LogP contribution < -0.4 is 0 Å². The molecule has 5 heteroatoms. The monoisotopic (exact) mass is 340 g/mol. The number of aromatic nitrogens is 2. The van der Waals surface area contributed by atoms with E-state index in [1.807, 2.05) is 10.9 Å². The van der Waals surface area contributed by atoms with Gasteiger partial charge < -0.3 is 9.47 Å². The van der Waals surface area contributed by atoms with Crippen molar-refractivity contribution in [2.24, 2.45) is 5.41 Å². The van der Waals surface area contributed by atoms with Crippen molar-refractivity contribution in [2.75, 3.05) is 13.2 Å². The summed E-state index contributed by atoms with van der Waals surface area (Å²) < 4.78 is 27.5. The number of fused-ring (bicyclic) bond motifs is 3. The predicted molar refractivity (Wildman–Crippen MR) is 91.8 cm³/mol. The van der Waals surface area contributed by atoms with E-state index in [1.165, 1.54) is 23.3 Å². The molecule has 130 valence electrons. The normalized spacial score (nSPS) is 27.0. The molecule has 2 aliphatic carbocycles. The van der Waals surface area contributed by atoms with Crippen LogP contribution in [0.25, 0.3) is 11.8 Å². The van der Waals surface area contributed by atoms with Crippen molar-refractivity contribution >= 4 is 6.08 Å². The lowest BCUT2D eigenvalue weighted by atomic mass is 9.71. The lowest BCUT2D eigenvalue weighted by Gasteiger charge is -2.47. The second-order valence-corrected chi connectivity index (χ2v) is 7.43. The standard InChI is InChI=1S/C20H21FN2O2/c1-19-12-14-13-22-23(17-5-3-16(21)4-6-17)18(14)11-15(19)7-8-20(19)24-9-2-10-25-20/h3-6,11,13H,2,7-10,12H2,1H3/t19-/m0/s1. The molecular weight excluding hydrogens is 319 g/mol. The molecule has 0 N–H and O–H groups in total. The van der Waals surface area contributed by atoms with Crippen LogP contribution >= 0.6 is 0 Å². The fourth-order valence-corrected chi connectivity index (χ4v) is 4.63. The average Bonchev–Trinajstić information content (AvgIpc) is 3.14. The van der Waals surface area contributed by atoms with E-state index in [0.29, 0.717) is 0 Å². The van der Waals surface area contributed by atoms with Gasteiger partial charge in [-0.05, 0) is 55.2 Å². The zero-order chi connectivity index (χ0) is 17.1.